The van der Waals surface area contributed by atoms with Crippen molar-refractivity contribution in [3.63, 3.8) is 0 Å². The number of fused-ring (bicyclic) bond motifs is 1. The predicted octanol–water partition coefficient (Wildman–Crippen LogP) is 2.80. The molecule has 1 fully saturated rings. The molecule has 0 aromatic carbocycles. The van der Waals surface area contributed by atoms with E-state index in [1.807, 2.05) is 16.2 Å². The van der Waals surface area contributed by atoms with Crippen molar-refractivity contribution in [2.24, 2.45) is 5.41 Å². The molecule has 110 valence electrons. The van der Waals surface area contributed by atoms with Crippen LogP contribution in [0.25, 0.3) is 0 Å². The lowest BCUT2D eigenvalue weighted by atomic mass is 10.0. The quantitative estimate of drug-likeness (QED) is 0.874. The molecule has 1 aromatic heterocycles. The number of carbonyl (C=O) groups excluding carboxylic acids is 1. The summed E-state index contributed by atoms with van der Waals surface area (Å²) in [6.45, 7) is 5.46. The number of amides is 1. The summed E-state index contributed by atoms with van der Waals surface area (Å²) in [6.07, 6.45) is 6.26. The van der Waals surface area contributed by atoms with Crippen molar-refractivity contribution >= 4 is 17.2 Å². The van der Waals surface area contributed by atoms with E-state index in [4.69, 9.17) is 0 Å². The van der Waals surface area contributed by atoms with Crippen molar-refractivity contribution in [2.75, 3.05) is 19.6 Å². The highest BCUT2D eigenvalue weighted by molar-refractivity contribution is 7.10. The van der Waals surface area contributed by atoms with Crippen LogP contribution < -0.4 is 5.32 Å². The highest BCUT2D eigenvalue weighted by Crippen LogP contribution is 2.48. The van der Waals surface area contributed by atoms with Gasteiger partial charge in [0.05, 0.1) is 6.54 Å². The van der Waals surface area contributed by atoms with Crippen molar-refractivity contribution in [2.45, 2.75) is 45.6 Å². The fourth-order valence-electron chi connectivity index (χ4n) is 3.23. The second kappa shape index (κ2) is 5.86. The molecule has 0 unspecified atom stereocenters. The van der Waals surface area contributed by atoms with Gasteiger partial charge in [0.2, 0.25) is 5.91 Å². The van der Waals surface area contributed by atoms with E-state index in [0.717, 1.165) is 26.1 Å². The summed E-state index contributed by atoms with van der Waals surface area (Å²) >= 11 is 1.82. The Morgan fingerprint density at radius 2 is 2.35 bits per heavy atom. The van der Waals surface area contributed by atoms with Gasteiger partial charge in [-0.15, -0.1) is 11.3 Å². The van der Waals surface area contributed by atoms with Gasteiger partial charge in [-0.25, -0.2) is 0 Å². The van der Waals surface area contributed by atoms with Crippen molar-refractivity contribution in [1.29, 1.82) is 0 Å². The van der Waals surface area contributed by atoms with Gasteiger partial charge in [0.25, 0.3) is 0 Å². The minimum Gasteiger partial charge on any atom is -0.337 e. The van der Waals surface area contributed by atoms with Crippen LogP contribution in [0.1, 0.15) is 43.0 Å². The molecule has 2 aliphatic rings. The Balaban J connectivity index is 1.44. The van der Waals surface area contributed by atoms with Crippen molar-refractivity contribution in [1.82, 2.24) is 10.2 Å². The average molecular weight is 292 g/mol. The third kappa shape index (κ3) is 3.07. The SMILES string of the molecule is CCCC1(CNCC(=O)N2CCc3sccc3C2)CC1. The molecule has 0 saturated heterocycles. The third-order valence-electron chi connectivity index (χ3n) is 4.67. The summed E-state index contributed by atoms with van der Waals surface area (Å²) in [5.74, 6) is 0.258. The summed E-state index contributed by atoms with van der Waals surface area (Å²) in [5.41, 5.74) is 1.87. The molecule has 3 rings (SSSR count). The number of rotatable bonds is 6. The van der Waals surface area contributed by atoms with E-state index in [-0.39, 0.29) is 5.91 Å². The van der Waals surface area contributed by atoms with E-state index in [1.165, 1.54) is 36.1 Å². The maximum Gasteiger partial charge on any atom is 0.236 e. The van der Waals surface area contributed by atoms with Crippen LogP contribution in [0.15, 0.2) is 11.4 Å². The van der Waals surface area contributed by atoms with Gasteiger partial charge in [-0.1, -0.05) is 13.3 Å². The smallest absolute Gasteiger partial charge is 0.236 e. The van der Waals surface area contributed by atoms with Gasteiger partial charge >= 0.3 is 0 Å². The molecule has 1 aliphatic carbocycles. The number of thiophene rings is 1. The average Bonchev–Trinajstić information content (AvgIpc) is 3.04. The zero-order valence-electron chi connectivity index (χ0n) is 12.3. The Labute approximate surface area is 125 Å². The van der Waals surface area contributed by atoms with Crippen LogP contribution >= 0.6 is 11.3 Å². The fourth-order valence-corrected chi connectivity index (χ4v) is 4.12. The highest BCUT2D eigenvalue weighted by atomic mass is 32.1. The van der Waals surface area contributed by atoms with Crippen molar-refractivity contribution in [3.8, 4) is 0 Å². The summed E-state index contributed by atoms with van der Waals surface area (Å²) < 4.78 is 0. The largest absolute Gasteiger partial charge is 0.337 e. The molecule has 1 aliphatic heterocycles. The summed E-state index contributed by atoms with van der Waals surface area (Å²) in [6, 6.07) is 2.16. The van der Waals surface area contributed by atoms with Crippen LogP contribution in [0.3, 0.4) is 0 Å². The molecule has 1 amide bonds. The number of hydrogen-bond donors (Lipinski definition) is 1. The first-order valence-corrected chi connectivity index (χ1v) is 8.64. The molecular weight excluding hydrogens is 268 g/mol. The summed E-state index contributed by atoms with van der Waals surface area (Å²) in [4.78, 5) is 15.7. The Hall–Kier alpha value is -0.870. The number of hydrogen-bond acceptors (Lipinski definition) is 3. The second-order valence-electron chi connectivity index (χ2n) is 6.29. The molecule has 4 heteroatoms. The van der Waals surface area contributed by atoms with Crippen molar-refractivity contribution in [3.05, 3.63) is 21.9 Å². The van der Waals surface area contributed by atoms with Crippen LogP contribution in [0, 0.1) is 5.41 Å². The normalized spacial score (nSPS) is 19.8. The maximum atomic E-state index is 12.3. The topological polar surface area (TPSA) is 32.3 Å². The Morgan fingerprint density at radius 3 is 3.10 bits per heavy atom. The summed E-state index contributed by atoms with van der Waals surface area (Å²) in [5, 5.41) is 5.54. The van der Waals surface area contributed by atoms with Crippen LogP contribution in [0.2, 0.25) is 0 Å². The zero-order chi connectivity index (χ0) is 14.0. The van der Waals surface area contributed by atoms with E-state index >= 15 is 0 Å². The van der Waals surface area contributed by atoms with Gasteiger partial charge in [-0.2, -0.15) is 0 Å². The maximum absolute atomic E-state index is 12.3. The van der Waals surface area contributed by atoms with E-state index in [0.29, 0.717) is 12.0 Å². The molecule has 1 saturated carbocycles. The Bertz CT molecular complexity index is 479. The minimum absolute atomic E-state index is 0.258. The van der Waals surface area contributed by atoms with Gasteiger partial charge in [0.15, 0.2) is 0 Å². The van der Waals surface area contributed by atoms with Crippen LogP contribution in [-0.2, 0) is 17.8 Å². The lowest BCUT2D eigenvalue weighted by molar-refractivity contribution is -0.131. The monoisotopic (exact) mass is 292 g/mol. The Morgan fingerprint density at radius 1 is 1.50 bits per heavy atom. The van der Waals surface area contributed by atoms with Gasteiger partial charge in [0.1, 0.15) is 0 Å². The van der Waals surface area contributed by atoms with E-state index in [9.17, 15) is 4.79 Å². The molecule has 1 aromatic rings. The van der Waals surface area contributed by atoms with Crippen LogP contribution in [0.5, 0.6) is 0 Å². The molecule has 0 bridgehead atoms. The predicted molar refractivity (Wildman–Crippen MR) is 82.9 cm³/mol. The molecular formula is C16H24N2OS. The zero-order valence-corrected chi connectivity index (χ0v) is 13.1. The van der Waals surface area contributed by atoms with Gasteiger partial charge < -0.3 is 10.2 Å². The van der Waals surface area contributed by atoms with E-state index in [2.05, 4.69) is 23.7 Å². The third-order valence-corrected chi connectivity index (χ3v) is 5.70. The number of nitrogens with zero attached hydrogens (tertiary/aromatic N) is 1. The molecule has 20 heavy (non-hydrogen) atoms. The van der Waals surface area contributed by atoms with Crippen LogP contribution in [0.4, 0.5) is 0 Å². The molecule has 1 N–H and O–H groups in total. The molecule has 0 spiro atoms. The molecule has 2 heterocycles. The lowest BCUT2D eigenvalue weighted by Crippen LogP contribution is -2.41. The minimum atomic E-state index is 0.258. The second-order valence-corrected chi connectivity index (χ2v) is 7.29. The van der Waals surface area contributed by atoms with E-state index in [1.54, 1.807) is 0 Å². The standard InChI is InChI=1S/C16H24N2OS/c1-2-5-16(6-7-16)12-17-10-15(19)18-8-3-14-13(11-18)4-9-20-14/h4,9,17H,2-3,5-8,10-12H2,1H3. The van der Waals surface area contributed by atoms with Gasteiger partial charge in [0, 0.05) is 24.5 Å². The highest BCUT2D eigenvalue weighted by Gasteiger charge is 2.40. The number of nitrogens with one attached hydrogen (secondary N) is 1. The number of carbonyl (C=O) groups is 1. The first kappa shape index (κ1) is 14.1. The first-order valence-electron chi connectivity index (χ1n) is 7.76. The summed E-state index contributed by atoms with van der Waals surface area (Å²) in [7, 11) is 0. The fraction of sp³-hybridized carbons (Fsp3) is 0.688. The van der Waals surface area contributed by atoms with E-state index < -0.39 is 0 Å². The molecule has 3 nitrogen and oxygen atoms in total. The Kier molecular flexibility index (Phi) is 4.13. The first-order chi connectivity index (χ1) is 9.72. The molecule has 0 radical (unpaired) electrons. The van der Waals surface area contributed by atoms with Crippen molar-refractivity contribution < 1.29 is 4.79 Å². The molecule has 0 atom stereocenters. The van der Waals surface area contributed by atoms with Gasteiger partial charge in [-0.05, 0) is 48.1 Å². The van der Waals surface area contributed by atoms with Gasteiger partial charge in [-0.3, -0.25) is 4.79 Å². The lowest BCUT2D eigenvalue weighted by Gasteiger charge is -2.27. The van der Waals surface area contributed by atoms with Crippen LogP contribution in [-0.4, -0.2) is 30.4 Å².